The van der Waals surface area contributed by atoms with E-state index in [0.29, 0.717) is 6.54 Å². The summed E-state index contributed by atoms with van der Waals surface area (Å²) in [6.07, 6.45) is 4.48. The van der Waals surface area contributed by atoms with Gasteiger partial charge in [-0.1, -0.05) is 24.3 Å². The number of hydrogen-bond donors (Lipinski definition) is 2. The second kappa shape index (κ2) is 8.80. The molecule has 1 aromatic heterocycles. The molecule has 1 heterocycles. The number of nitrogens with zero attached hydrogens (tertiary/aromatic N) is 3. The van der Waals surface area contributed by atoms with E-state index in [0.717, 1.165) is 35.7 Å². The molecule has 0 radical (unpaired) electrons. The minimum Gasteiger partial charge on any atom is -0.356 e. The van der Waals surface area contributed by atoms with Gasteiger partial charge in [-0.25, -0.2) is 9.07 Å². The first-order chi connectivity index (χ1) is 12.7. The summed E-state index contributed by atoms with van der Waals surface area (Å²) in [5.41, 5.74) is 3.24. The fourth-order valence-corrected chi connectivity index (χ4v) is 2.61. The minimum absolute atomic E-state index is 0.212. The molecule has 0 unspecified atom stereocenters. The van der Waals surface area contributed by atoms with Crippen molar-refractivity contribution in [3.63, 3.8) is 0 Å². The summed E-state index contributed by atoms with van der Waals surface area (Å²) < 4.78 is 14.8. The summed E-state index contributed by atoms with van der Waals surface area (Å²) in [4.78, 5) is 4.24. The number of halogens is 1. The van der Waals surface area contributed by atoms with Crippen molar-refractivity contribution in [2.24, 2.45) is 4.99 Å². The monoisotopic (exact) mass is 351 g/mol. The van der Waals surface area contributed by atoms with Crippen molar-refractivity contribution in [1.82, 2.24) is 20.4 Å². The van der Waals surface area contributed by atoms with Crippen molar-refractivity contribution in [1.29, 1.82) is 0 Å². The van der Waals surface area contributed by atoms with Crippen LogP contribution in [0.25, 0.3) is 5.69 Å². The first-order valence-electron chi connectivity index (χ1n) is 8.52. The van der Waals surface area contributed by atoms with E-state index in [-0.39, 0.29) is 5.82 Å². The SMILES string of the molecule is CN=C(NCCc1ccc(F)cc1)NCc1cccc(-n2cccn2)c1. The lowest BCUT2D eigenvalue weighted by atomic mass is 10.1. The molecular formula is C20H22FN5. The first kappa shape index (κ1) is 17.7. The lowest BCUT2D eigenvalue weighted by Gasteiger charge is -2.12. The Labute approximate surface area is 152 Å². The van der Waals surface area contributed by atoms with Crippen molar-refractivity contribution < 1.29 is 4.39 Å². The molecule has 0 fully saturated rings. The summed E-state index contributed by atoms with van der Waals surface area (Å²) in [7, 11) is 1.74. The van der Waals surface area contributed by atoms with E-state index in [1.54, 1.807) is 25.4 Å². The van der Waals surface area contributed by atoms with Crippen LogP contribution in [0, 0.1) is 5.82 Å². The Balaban J connectivity index is 1.49. The van der Waals surface area contributed by atoms with Gasteiger partial charge in [-0.3, -0.25) is 4.99 Å². The summed E-state index contributed by atoms with van der Waals surface area (Å²) in [5.74, 6) is 0.521. The van der Waals surface area contributed by atoms with Gasteiger partial charge in [0, 0.05) is 32.5 Å². The fourth-order valence-electron chi connectivity index (χ4n) is 2.61. The highest BCUT2D eigenvalue weighted by Gasteiger charge is 2.01. The zero-order chi connectivity index (χ0) is 18.2. The predicted octanol–water partition coefficient (Wildman–Crippen LogP) is 2.92. The Kier molecular flexibility index (Phi) is 5.98. The molecule has 0 saturated carbocycles. The molecular weight excluding hydrogens is 329 g/mol. The second-order valence-corrected chi connectivity index (χ2v) is 5.85. The van der Waals surface area contributed by atoms with Crippen LogP contribution >= 0.6 is 0 Å². The minimum atomic E-state index is -0.212. The van der Waals surface area contributed by atoms with E-state index in [1.165, 1.54) is 12.1 Å². The van der Waals surface area contributed by atoms with Crippen molar-refractivity contribution >= 4 is 5.96 Å². The molecule has 26 heavy (non-hydrogen) atoms. The van der Waals surface area contributed by atoms with Crippen molar-refractivity contribution in [2.45, 2.75) is 13.0 Å². The molecule has 2 N–H and O–H groups in total. The molecule has 0 spiro atoms. The quantitative estimate of drug-likeness (QED) is 0.530. The Bertz CT molecular complexity index is 841. The maximum atomic E-state index is 12.9. The van der Waals surface area contributed by atoms with Gasteiger partial charge in [0.25, 0.3) is 0 Å². The van der Waals surface area contributed by atoms with E-state index < -0.39 is 0 Å². The number of aliphatic imine (C=N–C) groups is 1. The van der Waals surface area contributed by atoms with Crippen LogP contribution < -0.4 is 10.6 Å². The summed E-state index contributed by atoms with van der Waals surface area (Å²) in [6.45, 7) is 1.38. The summed E-state index contributed by atoms with van der Waals surface area (Å²) >= 11 is 0. The lowest BCUT2D eigenvalue weighted by molar-refractivity contribution is 0.626. The molecule has 0 atom stereocenters. The van der Waals surface area contributed by atoms with Crippen LogP contribution in [0.5, 0.6) is 0 Å². The molecule has 0 aliphatic carbocycles. The van der Waals surface area contributed by atoms with Crippen LogP contribution in [0.2, 0.25) is 0 Å². The third-order valence-corrected chi connectivity index (χ3v) is 3.98. The van der Waals surface area contributed by atoms with Gasteiger partial charge in [0.1, 0.15) is 5.82 Å². The average molecular weight is 351 g/mol. The molecule has 5 nitrogen and oxygen atoms in total. The van der Waals surface area contributed by atoms with E-state index >= 15 is 0 Å². The Morgan fingerprint density at radius 2 is 1.92 bits per heavy atom. The number of hydrogen-bond acceptors (Lipinski definition) is 2. The first-order valence-corrected chi connectivity index (χ1v) is 8.52. The van der Waals surface area contributed by atoms with Crippen LogP contribution in [-0.2, 0) is 13.0 Å². The molecule has 3 aromatic rings. The van der Waals surface area contributed by atoms with Crippen LogP contribution in [0.4, 0.5) is 4.39 Å². The van der Waals surface area contributed by atoms with Crippen LogP contribution in [-0.4, -0.2) is 29.3 Å². The smallest absolute Gasteiger partial charge is 0.191 e. The Morgan fingerprint density at radius 3 is 2.65 bits per heavy atom. The number of nitrogens with one attached hydrogen (secondary N) is 2. The highest BCUT2D eigenvalue weighted by molar-refractivity contribution is 5.79. The molecule has 0 aliphatic heterocycles. The lowest BCUT2D eigenvalue weighted by Crippen LogP contribution is -2.37. The fraction of sp³-hybridized carbons (Fsp3) is 0.200. The van der Waals surface area contributed by atoms with Gasteiger partial charge >= 0.3 is 0 Å². The van der Waals surface area contributed by atoms with Gasteiger partial charge in [0.15, 0.2) is 5.96 Å². The van der Waals surface area contributed by atoms with Crippen LogP contribution in [0.15, 0.2) is 72.0 Å². The van der Waals surface area contributed by atoms with Gasteiger partial charge in [0.2, 0.25) is 0 Å². The summed E-state index contributed by atoms with van der Waals surface area (Å²) in [6, 6.07) is 16.6. The zero-order valence-electron chi connectivity index (χ0n) is 14.7. The standard InChI is InChI=1S/C20H22FN5/c1-22-20(23-12-10-16-6-8-18(21)9-7-16)24-15-17-4-2-5-19(14-17)26-13-3-11-25-26/h2-9,11,13-14H,10,12,15H2,1H3,(H2,22,23,24). The van der Waals surface area contributed by atoms with E-state index in [1.807, 2.05) is 29.1 Å². The van der Waals surface area contributed by atoms with E-state index in [4.69, 9.17) is 0 Å². The number of aromatic nitrogens is 2. The third-order valence-electron chi connectivity index (χ3n) is 3.98. The Hall–Kier alpha value is -3.15. The average Bonchev–Trinajstić information content (AvgIpc) is 3.21. The van der Waals surface area contributed by atoms with Gasteiger partial charge in [-0.15, -0.1) is 0 Å². The molecule has 0 bridgehead atoms. The normalized spacial score (nSPS) is 11.4. The highest BCUT2D eigenvalue weighted by Crippen LogP contribution is 2.09. The van der Waals surface area contributed by atoms with E-state index in [2.05, 4.69) is 32.9 Å². The molecule has 3 rings (SSSR count). The largest absolute Gasteiger partial charge is 0.356 e. The topological polar surface area (TPSA) is 54.2 Å². The van der Waals surface area contributed by atoms with Gasteiger partial charge in [0.05, 0.1) is 5.69 Å². The van der Waals surface area contributed by atoms with Crippen molar-refractivity contribution in [3.8, 4) is 5.69 Å². The second-order valence-electron chi connectivity index (χ2n) is 5.85. The number of rotatable bonds is 6. The number of benzene rings is 2. The van der Waals surface area contributed by atoms with Crippen molar-refractivity contribution in [3.05, 3.63) is 83.9 Å². The molecule has 0 aliphatic rings. The molecule has 0 amide bonds. The van der Waals surface area contributed by atoms with Gasteiger partial charge in [-0.2, -0.15) is 5.10 Å². The van der Waals surface area contributed by atoms with Crippen molar-refractivity contribution in [2.75, 3.05) is 13.6 Å². The number of guanidine groups is 1. The maximum Gasteiger partial charge on any atom is 0.191 e. The summed E-state index contributed by atoms with van der Waals surface area (Å²) in [5, 5.41) is 10.8. The van der Waals surface area contributed by atoms with Crippen LogP contribution in [0.1, 0.15) is 11.1 Å². The van der Waals surface area contributed by atoms with Gasteiger partial charge < -0.3 is 10.6 Å². The van der Waals surface area contributed by atoms with Crippen LogP contribution in [0.3, 0.4) is 0 Å². The molecule has 6 heteroatoms. The maximum absolute atomic E-state index is 12.9. The van der Waals surface area contributed by atoms with E-state index in [9.17, 15) is 4.39 Å². The predicted molar refractivity (Wildman–Crippen MR) is 102 cm³/mol. The molecule has 134 valence electrons. The Morgan fingerprint density at radius 1 is 1.08 bits per heavy atom. The zero-order valence-corrected chi connectivity index (χ0v) is 14.7. The third kappa shape index (κ3) is 4.92. The molecule has 2 aromatic carbocycles. The van der Waals surface area contributed by atoms with Gasteiger partial charge in [-0.05, 0) is 47.9 Å². The highest BCUT2D eigenvalue weighted by atomic mass is 19.1. The molecule has 0 saturated heterocycles.